The van der Waals surface area contributed by atoms with E-state index in [1.54, 1.807) is 24.3 Å². The zero-order chi connectivity index (χ0) is 19.6. The number of ether oxygens (including phenoxy) is 2. The van der Waals surface area contributed by atoms with Crippen molar-refractivity contribution in [1.82, 2.24) is 0 Å². The van der Waals surface area contributed by atoms with Gasteiger partial charge in [0.25, 0.3) is 11.7 Å². The summed E-state index contributed by atoms with van der Waals surface area (Å²) in [5, 5.41) is 2.53. The maximum atomic E-state index is 12.3. The maximum absolute atomic E-state index is 12.3. The number of rotatable bonds is 9. The first-order valence-corrected chi connectivity index (χ1v) is 9.10. The van der Waals surface area contributed by atoms with E-state index in [9.17, 15) is 18.4 Å². The lowest BCUT2D eigenvalue weighted by Crippen LogP contribution is -2.20. The highest BCUT2D eigenvalue weighted by molar-refractivity contribution is 7.99. The average molecular weight is 395 g/mol. The molecule has 1 amide bonds. The number of hydrogen-bond acceptors (Lipinski definition) is 5. The molecule has 2 aromatic rings. The fourth-order valence-electron chi connectivity index (χ4n) is 2.04. The molecule has 0 atom stereocenters. The van der Waals surface area contributed by atoms with Crippen LogP contribution in [0.2, 0.25) is 0 Å². The van der Waals surface area contributed by atoms with Gasteiger partial charge in [0, 0.05) is 10.6 Å². The first-order chi connectivity index (χ1) is 13.0. The molecule has 0 fully saturated rings. The number of hydrogen-bond donors (Lipinski definition) is 1. The van der Waals surface area contributed by atoms with Gasteiger partial charge in [-0.1, -0.05) is 18.7 Å². The highest BCUT2D eigenvalue weighted by atomic mass is 32.2. The third kappa shape index (κ3) is 7.26. The molecule has 0 bridgehead atoms. The number of esters is 1. The van der Waals surface area contributed by atoms with Crippen LogP contribution < -0.4 is 10.1 Å². The van der Waals surface area contributed by atoms with Crippen LogP contribution in [0.4, 0.5) is 14.5 Å². The third-order valence-corrected chi connectivity index (χ3v) is 3.98. The van der Waals surface area contributed by atoms with Gasteiger partial charge in [0.2, 0.25) is 0 Å². The van der Waals surface area contributed by atoms with Gasteiger partial charge in [-0.05, 0) is 55.0 Å². The Morgan fingerprint density at radius 1 is 1.07 bits per heavy atom. The highest BCUT2D eigenvalue weighted by Crippen LogP contribution is 2.26. The van der Waals surface area contributed by atoms with Crippen LogP contribution in [-0.2, 0) is 9.53 Å². The monoisotopic (exact) mass is 395 g/mol. The van der Waals surface area contributed by atoms with E-state index in [0.29, 0.717) is 40.3 Å². The minimum Gasteiger partial charge on any atom is -0.494 e. The quantitative estimate of drug-likeness (QED) is 0.497. The molecular weight excluding hydrogens is 376 g/mol. The summed E-state index contributed by atoms with van der Waals surface area (Å²) >= 11 is 0.419. The lowest BCUT2D eigenvalue weighted by atomic mass is 10.2. The second-order valence-electron chi connectivity index (χ2n) is 5.40. The molecule has 0 spiro atoms. The summed E-state index contributed by atoms with van der Waals surface area (Å²) in [5.41, 5.74) is 0.729. The van der Waals surface area contributed by atoms with Crippen LogP contribution >= 0.6 is 11.8 Å². The van der Waals surface area contributed by atoms with Gasteiger partial charge >= 0.3 is 5.97 Å². The number of anilines is 1. The number of carbonyl (C=O) groups excluding carboxylic acids is 2. The molecule has 27 heavy (non-hydrogen) atoms. The van der Waals surface area contributed by atoms with Crippen molar-refractivity contribution >= 4 is 29.3 Å². The molecule has 8 heteroatoms. The molecule has 0 saturated heterocycles. The number of nitrogens with one attached hydrogen (secondary N) is 1. The molecule has 0 aliphatic heterocycles. The second kappa shape index (κ2) is 10.5. The van der Waals surface area contributed by atoms with E-state index in [4.69, 9.17) is 9.47 Å². The predicted octanol–water partition coefficient (Wildman–Crippen LogP) is 4.59. The van der Waals surface area contributed by atoms with E-state index in [1.165, 1.54) is 24.3 Å². The van der Waals surface area contributed by atoms with Crippen molar-refractivity contribution in [3.05, 3.63) is 54.1 Å². The van der Waals surface area contributed by atoms with Crippen molar-refractivity contribution < 1.29 is 27.8 Å². The first kappa shape index (κ1) is 20.7. The molecule has 2 aromatic carbocycles. The van der Waals surface area contributed by atoms with E-state index in [-0.39, 0.29) is 0 Å². The van der Waals surface area contributed by atoms with E-state index >= 15 is 0 Å². The number of amides is 1. The molecule has 5 nitrogen and oxygen atoms in total. The predicted molar refractivity (Wildman–Crippen MR) is 99.4 cm³/mol. The Morgan fingerprint density at radius 3 is 2.33 bits per heavy atom. The van der Waals surface area contributed by atoms with Gasteiger partial charge in [0.05, 0.1) is 12.2 Å². The minimum atomic E-state index is -2.50. The van der Waals surface area contributed by atoms with Crippen molar-refractivity contribution in [2.45, 2.75) is 24.0 Å². The molecule has 0 saturated carbocycles. The molecule has 0 aliphatic rings. The van der Waals surface area contributed by atoms with Crippen LogP contribution in [0.1, 0.15) is 23.7 Å². The Bertz CT molecular complexity index is 751. The first-order valence-electron chi connectivity index (χ1n) is 8.22. The van der Waals surface area contributed by atoms with E-state index in [2.05, 4.69) is 5.32 Å². The Hall–Kier alpha value is -2.61. The Balaban J connectivity index is 1.79. The van der Waals surface area contributed by atoms with Gasteiger partial charge in [0.1, 0.15) is 5.75 Å². The molecule has 0 aromatic heterocycles. The van der Waals surface area contributed by atoms with Crippen LogP contribution in [-0.4, -0.2) is 30.8 Å². The van der Waals surface area contributed by atoms with E-state index < -0.39 is 24.2 Å². The summed E-state index contributed by atoms with van der Waals surface area (Å²) < 4.78 is 34.9. The van der Waals surface area contributed by atoms with Crippen LogP contribution in [0, 0.1) is 0 Å². The molecule has 0 aliphatic carbocycles. The topological polar surface area (TPSA) is 64.6 Å². The van der Waals surface area contributed by atoms with Crippen LogP contribution in [0.3, 0.4) is 0 Å². The van der Waals surface area contributed by atoms with Crippen LogP contribution in [0.5, 0.6) is 5.75 Å². The standard InChI is InChI=1S/C19H19F2NO4S/c1-2-11-25-15-7-3-13(4-8-15)18(24)26-12-17(23)22-14-5-9-16(10-6-14)27-19(20)21/h3-10,19H,2,11-12H2,1H3,(H,22,23). The summed E-state index contributed by atoms with van der Waals surface area (Å²) in [6, 6.07) is 12.4. The van der Waals surface area contributed by atoms with Crippen molar-refractivity contribution in [2.24, 2.45) is 0 Å². The van der Waals surface area contributed by atoms with Crippen molar-refractivity contribution in [3.8, 4) is 5.75 Å². The normalized spacial score (nSPS) is 10.5. The summed E-state index contributed by atoms with van der Waals surface area (Å²) in [5.74, 6) is -3.01. The van der Waals surface area contributed by atoms with Crippen molar-refractivity contribution in [2.75, 3.05) is 18.5 Å². The van der Waals surface area contributed by atoms with Gasteiger partial charge in [-0.25, -0.2) is 4.79 Å². The lowest BCUT2D eigenvalue weighted by Gasteiger charge is -2.08. The van der Waals surface area contributed by atoms with Gasteiger partial charge in [0.15, 0.2) is 6.61 Å². The second-order valence-corrected chi connectivity index (χ2v) is 6.46. The van der Waals surface area contributed by atoms with Gasteiger partial charge < -0.3 is 14.8 Å². The zero-order valence-electron chi connectivity index (χ0n) is 14.6. The molecule has 0 heterocycles. The SMILES string of the molecule is CCCOc1ccc(C(=O)OCC(=O)Nc2ccc(SC(F)F)cc2)cc1. The largest absolute Gasteiger partial charge is 0.494 e. The Labute approximate surface area is 160 Å². The zero-order valence-corrected chi connectivity index (χ0v) is 15.4. The Morgan fingerprint density at radius 2 is 1.74 bits per heavy atom. The summed E-state index contributed by atoms with van der Waals surface area (Å²) in [7, 11) is 0. The van der Waals surface area contributed by atoms with Gasteiger partial charge in [-0.2, -0.15) is 8.78 Å². The fraction of sp³-hybridized carbons (Fsp3) is 0.263. The number of halogens is 2. The molecule has 144 valence electrons. The van der Waals surface area contributed by atoms with Crippen molar-refractivity contribution in [3.63, 3.8) is 0 Å². The number of alkyl halides is 2. The highest BCUT2D eigenvalue weighted by Gasteiger charge is 2.11. The average Bonchev–Trinajstić information content (AvgIpc) is 2.66. The molecule has 2 rings (SSSR count). The molecule has 0 unspecified atom stereocenters. The Kier molecular flexibility index (Phi) is 8.06. The van der Waals surface area contributed by atoms with Crippen LogP contribution in [0.25, 0.3) is 0 Å². The van der Waals surface area contributed by atoms with E-state index in [0.717, 1.165) is 6.42 Å². The summed E-state index contributed by atoms with van der Waals surface area (Å²) in [4.78, 5) is 24.2. The molecule has 1 N–H and O–H groups in total. The molecule has 0 radical (unpaired) electrons. The van der Waals surface area contributed by atoms with Gasteiger partial charge in [-0.3, -0.25) is 4.79 Å². The van der Waals surface area contributed by atoms with E-state index in [1.807, 2.05) is 6.92 Å². The summed E-state index contributed by atoms with van der Waals surface area (Å²) in [6.45, 7) is 2.12. The third-order valence-electron chi connectivity index (χ3n) is 3.26. The number of carbonyl (C=O) groups is 2. The summed E-state index contributed by atoms with van der Waals surface area (Å²) in [6.07, 6.45) is 0.882. The molecular formula is C19H19F2NO4S. The smallest absolute Gasteiger partial charge is 0.338 e. The lowest BCUT2D eigenvalue weighted by molar-refractivity contribution is -0.119. The number of thioether (sulfide) groups is 1. The fourth-order valence-corrected chi connectivity index (χ4v) is 2.54. The van der Waals surface area contributed by atoms with Gasteiger partial charge in [-0.15, -0.1) is 0 Å². The number of benzene rings is 2. The maximum Gasteiger partial charge on any atom is 0.338 e. The van der Waals surface area contributed by atoms with Crippen molar-refractivity contribution in [1.29, 1.82) is 0 Å². The van der Waals surface area contributed by atoms with Crippen LogP contribution in [0.15, 0.2) is 53.4 Å². The minimum absolute atomic E-state index is 0.306.